The largest absolute Gasteiger partial charge is 0.311 e. The van der Waals surface area contributed by atoms with E-state index in [1.165, 1.54) is 94.4 Å². The van der Waals surface area contributed by atoms with Crippen LogP contribution in [-0.4, -0.2) is 0 Å². The summed E-state index contributed by atoms with van der Waals surface area (Å²) in [4.78, 5) is 2.43. The molecule has 2 atom stereocenters. The second-order valence-corrected chi connectivity index (χ2v) is 18.2. The lowest BCUT2D eigenvalue weighted by molar-refractivity contribution is 0.714. The minimum absolute atomic E-state index is 0.246. The third-order valence-corrected chi connectivity index (χ3v) is 14.3. The third-order valence-electron chi connectivity index (χ3n) is 14.3. The lowest BCUT2D eigenvalue weighted by Gasteiger charge is -2.30. The molecule has 0 spiro atoms. The molecule has 67 heavy (non-hydrogen) atoms. The fourth-order valence-electron chi connectivity index (χ4n) is 10.7. The molecular weight excluding hydrogens is 807 g/mol. The van der Waals surface area contributed by atoms with Crippen LogP contribution < -0.4 is 4.90 Å². The van der Waals surface area contributed by atoms with Crippen LogP contribution >= 0.6 is 0 Å². The number of fused-ring (bicyclic) bond motifs is 4. The van der Waals surface area contributed by atoms with Gasteiger partial charge in [-0.05, 0) is 138 Å². The molecule has 0 heterocycles. The molecule has 10 aromatic rings. The predicted octanol–water partition coefficient (Wildman–Crippen LogP) is 17.6. The summed E-state index contributed by atoms with van der Waals surface area (Å²) < 4.78 is 0. The fraction of sp³-hybridized carbons (Fsp3) is 0.0606. The van der Waals surface area contributed by atoms with Crippen LogP contribution in [0.25, 0.3) is 66.4 Å². The van der Waals surface area contributed by atoms with E-state index in [-0.39, 0.29) is 11.3 Å². The molecule has 0 N–H and O–H groups in total. The number of rotatable bonds is 9. The van der Waals surface area contributed by atoms with E-state index in [0.29, 0.717) is 0 Å². The van der Waals surface area contributed by atoms with Crippen LogP contribution in [0, 0.1) is 0 Å². The van der Waals surface area contributed by atoms with Gasteiger partial charge in [0.15, 0.2) is 0 Å². The summed E-state index contributed by atoms with van der Waals surface area (Å²) in [7, 11) is 0. The summed E-state index contributed by atoms with van der Waals surface area (Å²) in [6, 6.07) is 89.1. The Hall–Kier alpha value is -8.26. The SMILES string of the molecule is CC1(c2ccccc2)c2ccccc2-c2c(-c3ccc(N(C4=CCC(c5ccc(-c6ccc7ccccc7c6)cc5)C=C4)c4cccc(-c5ccc(-c6ccccc6)cc5)c4)cc3)cccc21. The van der Waals surface area contributed by atoms with Crippen LogP contribution in [0.5, 0.6) is 0 Å². The highest BCUT2D eigenvalue weighted by molar-refractivity contribution is 5.94. The van der Waals surface area contributed by atoms with E-state index in [4.69, 9.17) is 0 Å². The van der Waals surface area contributed by atoms with E-state index in [2.05, 4.69) is 273 Å². The van der Waals surface area contributed by atoms with E-state index < -0.39 is 0 Å². The maximum atomic E-state index is 2.43. The molecular formula is C66H49N. The van der Waals surface area contributed by atoms with Gasteiger partial charge >= 0.3 is 0 Å². The number of benzene rings is 10. The summed E-state index contributed by atoms with van der Waals surface area (Å²) in [5.41, 5.74) is 20.9. The van der Waals surface area contributed by atoms with Crippen molar-refractivity contribution in [2.75, 3.05) is 4.90 Å². The first-order valence-electron chi connectivity index (χ1n) is 23.5. The van der Waals surface area contributed by atoms with Crippen molar-refractivity contribution in [2.45, 2.75) is 24.7 Å². The topological polar surface area (TPSA) is 3.24 Å². The molecule has 0 radical (unpaired) electrons. The lowest BCUT2D eigenvalue weighted by Crippen LogP contribution is -2.22. The summed E-state index contributed by atoms with van der Waals surface area (Å²) in [5.74, 6) is 0.290. The van der Waals surface area contributed by atoms with Gasteiger partial charge in [-0.3, -0.25) is 0 Å². The van der Waals surface area contributed by atoms with Crippen LogP contribution in [0.1, 0.15) is 41.5 Å². The maximum absolute atomic E-state index is 2.43. The van der Waals surface area contributed by atoms with Crippen LogP contribution in [-0.2, 0) is 5.41 Å². The monoisotopic (exact) mass is 855 g/mol. The molecule has 2 unspecified atom stereocenters. The van der Waals surface area contributed by atoms with Gasteiger partial charge in [0.25, 0.3) is 0 Å². The van der Waals surface area contributed by atoms with Gasteiger partial charge < -0.3 is 4.90 Å². The number of nitrogens with zero attached hydrogens (tertiary/aromatic N) is 1. The van der Waals surface area contributed by atoms with Crippen LogP contribution in [0.15, 0.2) is 267 Å². The van der Waals surface area contributed by atoms with E-state index in [1.807, 2.05) is 0 Å². The number of allylic oxidation sites excluding steroid dienone is 3. The molecule has 1 heteroatoms. The van der Waals surface area contributed by atoms with Crippen molar-refractivity contribution < 1.29 is 0 Å². The van der Waals surface area contributed by atoms with Crippen molar-refractivity contribution in [2.24, 2.45) is 0 Å². The number of anilines is 2. The highest BCUT2D eigenvalue weighted by atomic mass is 15.1. The van der Waals surface area contributed by atoms with Crippen LogP contribution in [0.4, 0.5) is 11.4 Å². The first-order valence-corrected chi connectivity index (χ1v) is 23.5. The predicted molar refractivity (Wildman–Crippen MR) is 283 cm³/mol. The molecule has 0 bridgehead atoms. The van der Waals surface area contributed by atoms with E-state index in [9.17, 15) is 0 Å². The summed E-state index contributed by atoms with van der Waals surface area (Å²) in [6.07, 6.45) is 8.04. The Morgan fingerprint density at radius 2 is 0.955 bits per heavy atom. The van der Waals surface area contributed by atoms with Crippen molar-refractivity contribution in [1.29, 1.82) is 0 Å². The highest BCUT2D eigenvalue weighted by Gasteiger charge is 2.41. The third kappa shape index (κ3) is 7.30. The Kier molecular flexibility index (Phi) is 10.2. The smallest absolute Gasteiger partial charge is 0.0467 e. The number of hydrogen-bond acceptors (Lipinski definition) is 1. The van der Waals surface area contributed by atoms with Gasteiger partial charge in [0.05, 0.1) is 0 Å². The van der Waals surface area contributed by atoms with Gasteiger partial charge in [-0.25, -0.2) is 0 Å². The molecule has 0 saturated heterocycles. The molecule has 0 amide bonds. The first-order chi connectivity index (χ1) is 33.1. The Morgan fingerprint density at radius 1 is 0.403 bits per heavy atom. The average molecular weight is 856 g/mol. The van der Waals surface area contributed by atoms with Crippen molar-refractivity contribution in [3.63, 3.8) is 0 Å². The zero-order chi connectivity index (χ0) is 44.7. The zero-order valence-corrected chi connectivity index (χ0v) is 37.6. The lowest BCUT2D eigenvalue weighted by atomic mass is 9.74. The zero-order valence-electron chi connectivity index (χ0n) is 37.6. The molecule has 1 nitrogen and oxygen atoms in total. The van der Waals surface area contributed by atoms with Gasteiger partial charge in [0, 0.05) is 28.4 Å². The van der Waals surface area contributed by atoms with Gasteiger partial charge in [-0.15, -0.1) is 0 Å². The molecule has 12 rings (SSSR count). The van der Waals surface area contributed by atoms with Crippen molar-refractivity contribution in [3.8, 4) is 55.6 Å². The van der Waals surface area contributed by atoms with E-state index in [1.54, 1.807) is 0 Å². The van der Waals surface area contributed by atoms with Gasteiger partial charge in [-0.1, -0.05) is 224 Å². The molecule has 0 aliphatic heterocycles. The quantitative estimate of drug-likeness (QED) is 0.140. The van der Waals surface area contributed by atoms with Crippen molar-refractivity contribution >= 4 is 22.1 Å². The average Bonchev–Trinajstić information content (AvgIpc) is 3.68. The Labute approximate surface area is 394 Å². The molecule has 2 aliphatic carbocycles. The molecule has 0 aromatic heterocycles. The van der Waals surface area contributed by atoms with E-state index in [0.717, 1.165) is 17.8 Å². The van der Waals surface area contributed by atoms with Crippen molar-refractivity contribution in [3.05, 3.63) is 289 Å². The standard InChI is InChI=1S/C66H49N/c1-66(57-19-6-3-7-20-57)63-24-11-10-22-62(63)65-61(23-13-25-64(65)66)53-38-42-59(43-39-53)67(60-21-12-18-55(45-60)51-30-26-48(27-31-51)46-14-4-2-5-15-46)58-40-36-50(37-41-58)49-28-32-52(33-29-49)56-35-34-47-16-8-9-17-54(47)44-56/h2-36,38-45,50H,37H2,1H3. The maximum Gasteiger partial charge on any atom is 0.0467 e. The van der Waals surface area contributed by atoms with Gasteiger partial charge in [0.2, 0.25) is 0 Å². The first kappa shape index (κ1) is 40.3. The summed E-state index contributed by atoms with van der Waals surface area (Å²) in [5, 5.41) is 2.53. The molecule has 318 valence electrons. The Morgan fingerprint density at radius 3 is 1.70 bits per heavy atom. The van der Waals surface area contributed by atoms with Crippen LogP contribution in [0.3, 0.4) is 0 Å². The van der Waals surface area contributed by atoms with Gasteiger partial charge in [-0.2, -0.15) is 0 Å². The highest BCUT2D eigenvalue weighted by Crippen LogP contribution is 2.55. The minimum atomic E-state index is -0.246. The second kappa shape index (κ2) is 16.9. The van der Waals surface area contributed by atoms with Gasteiger partial charge in [0.1, 0.15) is 0 Å². The van der Waals surface area contributed by atoms with Crippen LogP contribution in [0.2, 0.25) is 0 Å². The normalized spacial score (nSPS) is 16.0. The molecule has 2 aliphatic rings. The second-order valence-electron chi connectivity index (χ2n) is 18.2. The molecule has 0 saturated carbocycles. The Bertz CT molecular complexity index is 3470. The fourth-order valence-corrected chi connectivity index (χ4v) is 10.7. The summed E-state index contributed by atoms with van der Waals surface area (Å²) >= 11 is 0. The minimum Gasteiger partial charge on any atom is -0.311 e. The molecule has 10 aromatic carbocycles. The number of hydrogen-bond donors (Lipinski definition) is 0. The van der Waals surface area contributed by atoms with Crippen molar-refractivity contribution in [1.82, 2.24) is 0 Å². The Balaban J connectivity index is 0.888. The molecule has 0 fully saturated rings. The van der Waals surface area contributed by atoms with E-state index >= 15 is 0 Å². The summed E-state index contributed by atoms with van der Waals surface area (Å²) in [6.45, 7) is 2.39.